The molecule has 1 aromatic carbocycles. The van der Waals surface area contributed by atoms with Crippen LogP contribution in [0.3, 0.4) is 0 Å². The second kappa shape index (κ2) is 4.69. The predicted molar refractivity (Wildman–Crippen MR) is 72.1 cm³/mol. The van der Waals surface area contributed by atoms with Gasteiger partial charge in [-0.1, -0.05) is 6.07 Å². The number of piperidine rings is 1. The van der Waals surface area contributed by atoms with Gasteiger partial charge in [0, 0.05) is 18.7 Å². The first-order valence-electron chi connectivity index (χ1n) is 6.57. The standard InChI is InChI=1S/C14H13N3O4/c15-9-3-1-2-8-11(9)14(21)17(13(8)20)6-7-4-5-10(18)16-12(7)19/h1-3,7H,4-6,15H2,(H,16,18,19). The highest BCUT2D eigenvalue weighted by molar-refractivity contribution is 6.23. The lowest BCUT2D eigenvalue weighted by atomic mass is 9.97. The van der Waals surface area contributed by atoms with E-state index in [1.165, 1.54) is 6.07 Å². The molecular weight excluding hydrogens is 274 g/mol. The van der Waals surface area contributed by atoms with Crippen molar-refractivity contribution >= 4 is 29.3 Å². The average molecular weight is 287 g/mol. The number of amides is 4. The minimum atomic E-state index is -0.564. The summed E-state index contributed by atoms with van der Waals surface area (Å²) in [5.74, 6) is -2.28. The Balaban J connectivity index is 1.84. The second-order valence-electron chi connectivity index (χ2n) is 5.14. The van der Waals surface area contributed by atoms with Gasteiger partial charge in [-0.3, -0.25) is 29.4 Å². The Bertz CT molecular complexity index is 683. The Morgan fingerprint density at radius 1 is 1.19 bits per heavy atom. The van der Waals surface area contributed by atoms with Crippen molar-refractivity contribution in [3.05, 3.63) is 29.3 Å². The smallest absolute Gasteiger partial charge is 0.263 e. The van der Waals surface area contributed by atoms with E-state index in [0.717, 1.165) is 4.90 Å². The molecule has 0 radical (unpaired) electrons. The molecule has 3 N–H and O–H groups in total. The molecule has 2 heterocycles. The van der Waals surface area contributed by atoms with Crippen molar-refractivity contribution in [2.75, 3.05) is 12.3 Å². The van der Waals surface area contributed by atoms with Gasteiger partial charge in [0.15, 0.2) is 0 Å². The molecular formula is C14H13N3O4. The van der Waals surface area contributed by atoms with Crippen LogP contribution in [0.15, 0.2) is 18.2 Å². The monoisotopic (exact) mass is 287 g/mol. The number of hydrogen-bond donors (Lipinski definition) is 2. The molecule has 1 aromatic rings. The minimum absolute atomic E-state index is 0.0368. The first-order chi connectivity index (χ1) is 9.99. The maximum Gasteiger partial charge on any atom is 0.263 e. The van der Waals surface area contributed by atoms with Crippen LogP contribution >= 0.6 is 0 Å². The zero-order chi connectivity index (χ0) is 15.1. The van der Waals surface area contributed by atoms with Crippen molar-refractivity contribution in [1.82, 2.24) is 10.2 Å². The minimum Gasteiger partial charge on any atom is -0.398 e. The normalized spacial score (nSPS) is 21.5. The van der Waals surface area contributed by atoms with Gasteiger partial charge in [0.2, 0.25) is 11.8 Å². The third kappa shape index (κ3) is 2.06. The first kappa shape index (κ1) is 13.3. The molecule has 3 rings (SSSR count). The summed E-state index contributed by atoms with van der Waals surface area (Å²) in [5, 5.41) is 2.21. The largest absolute Gasteiger partial charge is 0.398 e. The van der Waals surface area contributed by atoms with E-state index >= 15 is 0 Å². The maximum absolute atomic E-state index is 12.3. The molecule has 0 spiro atoms. The fourth-order valence-electron chi connectivity index (χ4n) is 2.66. The average Bonchev–Trinajstić information content (AvgIpc) is 2.68. The van der Waals surface area contributed by atoms with Crippen molar-refractivity contribution in [2.45, 2.75) is 12.8 Å². The van der Waals surface area contributed by atoms with E-state index in [1.54, 1.807) is 12.1 Å². The molecule has 0 aromatic heterocycles. The van der Waals surface area contributed by atoms with Crippen LogP contribution in [0.25, 0.3) is 0 Å². The summed E-state index contributed by atoms with van der Waals surface area (Å²) in [4.78, 5) is 48.4. The van der Waals surface area contributed by atoms with Crippen LogP contribution in [-0.2, 0) is 9.59 Å². The van der Waals surface area contributed by atoms with E-state index in [1.807, 2.05) is 0 Å². The molecule has 4 amide bonds. The highest BCUT2D eigenvalue weighted by Gasteiger charge is 2.40. The molecule has 2 aliphatic rings. The number of nitrogens with one attached hydrogen (secondary N) is 1. The Hall–Kier alpha value is -2.70. The molecule has 1 unspecified atom stereocenters. The summed E-state index contributed by atoms with van der Waals surface area (Å²) in [7, 11) is 0. The SMILES string of the molecule is Nc1cccc2c1C(=O)N(CC1CCC(=O)NC1=O)C2=O. The first-order valence-corrected chi connectivity index (χ1v) is 6.57. The molecule has 108 valence electrons. The third-order valence-electron chi connectivity index (χ3n) is 3.79. The Morgan fingerprint density at radius 2 is 1.95 bits per heavy atom. The van der Waals surface area contributed by atoms with Crippen molar-refractivity contribution in [3.63, 3.8) is 0 Å². The Morgan fingerprint density at radius 3 is 2.62 bits per heavy atom. The van der Waals surface area contributed by atoms with Gasteiger partial charge >= 0.3 is 0 Å². The number of hydrogen-bond acceptors (Lipinski definition) is 5. The molecule has 0 bridgehead atoms. The maximum atomic E-state index is 12.3. The highest BCUT2D eigenvalue weighted by Crippen LogP contribution is 2.29. The van der Waals surface area contributed by atoms with Crippen molar-refractivity contribution < 1.29 is 19.2 Å². The summed E-state index contributed by atoms with van der Waals surface area (Å²) in [5.41, 5.74) is 6.44. The number of rotatable bonds is 2. The summed E-state index contributed by atoms with van der Waals surface area (Å²) in [6, 6.07) is 4.70. The van der Waals surface area contributed by atoms with Gasteiger partial charge < -0.3 is 5.73 Å². The van der Waals surface area contributed by atoms with Crippen LogP contribution in [0.1, 0.15) is 33.6 Å². The molecule has 7 heteroatoms. The van der Waals surface area contributed by atoms with Crippen LogP contribution in [0, 0.1) is 5.92 Å². The van der Waals surface area contributed by atoms with Crippen molar-refractivity contribution in [1.29, 1.82) is 0 Å². The van der Waals surface area contributed by atoms with Gasteiger partial charge in [-0.15, -0.1) is 0 Å². The topological polar surface area (TPSA) is 110 Å². The zero-order valence-electron chi connectivity index (χ0n) is 11.1. The predicted octanol–water partition coefficient (Wildman–Crippen LogP) is -0.0824. The van der Waals surface area contributed by atoms with E-state index in [-0.39, 0.29) is 35.7 Å². The summed E-state index contributed by atoms with van der Waals surface area (Å²) >= 11 is 0. The van der Waals surface area contributed by atoms with Crippen molar-refractivity contribution in [2.24, 2.45) is 5.92 Å². The van der Waals surface area contributed by atoms with Crippen LogP contribution < -0.4 is 11.1 Å². The molecule has 2 aliphatic heterocycles. The number of anilines is 1. The number of benzene rings is 1. The van der Waals surface area contributed by atoms with Gasteiger partial charge in [0.05, 0.1) is 17.0 Å². The Kier molecular flexibility index (Phi) is 2.97. The molecule has 7 nitrogen and oxygen atoms in total. The quantitative estimate of drug-likeness (QED) is 0.584. The lowest BCUT2D eigenvalue weighted by Crippen LogP contribution is -2.46. The lowest BCUT2D eigenvalue weighted by Gasteiger charge is -2.24. The number of nitrogens with zero attached hydrogens (tertiary/aromatic N) is 1. The van der Waals surface area contributed by atoms with E-state index < -0.39 is 23.6 Å². The van der Waals surface area contributed by atoms with Gasteiger partial charge in [-0.05, 0) is 18.6 Å². The lowest BCUT2D eigenvalue weighted by molar-refractivity contribution is -0.136. The molecule has 21 heavy (non-hydrogen) atoms. The van der Waals surface area contributed by atoms with E-state index in [2.05, 4.69) is 5.32 Å². The highest BCUT2D eigenvalue weighted by atomic mass is 16.2. The van der Waals surface area contributed by atoms with Gasteiger partial charge in [0.25, 0.3) is 11.8 Å². The number of imide groups is 2. The van der Waals surface area contributed by atoms with E-state index in [4.69, 9.17) is 5.73 Å². The third-order valence-corrected chi connectivity index (χ3v) is 3.79. The number of nitrogen functional groups attached to an aromatic ring is 1. The van der Waals surface area contributed by atoms with Gasteiger partial charge in [0.1, 0.15) is 0 Å². The van der Waals surface area contributed by atoms with E-state index in [0.29, 0.717) is 6.42 Å². The fraction of sp³-hybridized carbons (Fsp3) is 0.286. The van der Waals surface area contributed by atoms with Crippen LogP contribution in [0.5, 0.6) is 0 Å². The number of carbonyl (C=O) groups is 4. The fourth-order valence-corrected chi connectivity index (χ4v) is 2.66. The van der Waals surface area contributed by atoms with Crippen molar-refractivity contribution in [3.8, 4) is 0 Å². The number of fused-ring (bicyclic) bond motifs is 1. The van der Waals surface area contributed by atoms with Crippen LogP contribution in [0.2, 0.25) is 0 Å². The molecule has 0 saturated carbocycles. The van der Waals surface area contributed by atoms with Gasteiger partial charge in [-0.2, -0.15) is 0 Å². The molecule has 1 atom stereocenters. The van der Waals surface area contributed by atoms with Crippen LogP contribution in [0.4, 0.5) is 5.69 Å². The molecule has 0 aliphatic carbocycles. The number of carbonyl (C=O) groups excluding carboxylic acids is 4. The second-order valence-corrected chi connectivity index (χ2v) is 5.14. The van der Waals surface area contributed by atoms with Crippen LogP contribution in [-0.4, -0.2) is 35.1 Å². The zero-order valence-corrected chi connectivity index (χ0v) is 11.1. The van der Waals surface area contributed by atoms with Gasteiger partial charge in [-0.25, -0.2) is 0 Å². The summed E-state index contributed by atoms with van der Waals surface area (Å²) in [6.07, 6.45) is 0.537. The van der Waals surface area contributed by atoms with E-state index in [9.17, 15) is 19.2 Å². The summed E-state index contributed by atoms with van der Waals surface area (Å²) in [6.45, 7) is -0.0368. The molecule has 1 saturated heterocycles. The summed E-state index contributed by atoms with van der Waals surface area (Å²) < 4.78 is 0. The Labute approximate surface area is 120 Å². The number of nitrogens with two attached hydrogens (primary N) is 1. The molecule has 1 fully saturated rings.